The Labute approximate surface area is 320 Å². The van der Waals surface area contributed by atoms with E-state index in [9.17, 15) is 20.1 Å². The minimum absolute atomic E-state index is 0.0224. The van der Waals surface area contributed by atoms with Gasteiger partial charge < -0.3 is 29.5 Å². The van der Waals surface area contributed by atoms with Gasteiger partial charge in [-0.2, -0.15) is 0 Å². The van der Waals surface area contributed by atoms with E-state index in [0.717, 1.165) is 31.2 Å². The van der Waals surface area contributed by atoms with E-state index in [1.165, 1.54) is 12.0 Å². The zero-order valence-corrected chi connectivity index (χ0v) is 33.9. The van der Waals surface area contributed by atoms with Crippen LogP contribution in [0.25, 0.3) is 16.5 Å². The molecule has 2 aromatic rings. The summed E-state index contributed by atoms with van der Waals surface area (Å²) in [6.07, 6.45) is 12.1. The van der Waals surface area contributed by atoms with E-state index in [1.54, 1.807) is 6.07 Å². The molecule has 1 spiro atoms. The number of benzene rings is 2. The third-order valence-electron chi connectivity index (χ3n) is 16.7. The number of hydrogen-bond donors (Lipinski definition) is 3. The van der Waals surface area contributed by atoms with E-state index in [1.807, 2.05) is 27.7 Å². The monoisotopic (exact) mass is 736 g/mol. The van der Waals surface area contributed by atoms with Crippen molar-refractivity contribution in [2.24, 2.45) is 46.3 Å². The molecule has 0 amide bonds. The number of aryl methyl sites for hydroxylation is 1. The fraction of sp³-hybridized carbons (Fsp3) is 0.638. The number of aliphatic hydroxyl groups is 1. The normalized spacial score (nSPS) is 38.4. The highest BCUT2D eigenvalue weighted by atomic mass is 16.6. The molecule has 3 fully saturated rings. The van der Waals surface area contributed by atoms with Crippen molar-refractivity contribution in [2.75, 3.05) is 0 Å². The van der Waals surface area contributed by atoms with Crippen molar-refractivity contribution in [1.29, 1.82) is 0 Å². The van der Waals surface area contributed by atoms with Crippen molar-refractivity contribution >= 4 is 22.3 Å². The maximum atomic E-state index is 15.0. The summed E-state index contributed by atoms with van der Waals surface area (Å²) in [7, 11) is 0. The van der Waals surface area contributed by atoms with Crippen LogP contribution >= 0.6 is 0 Å². The number of ketones is 1. The van der Waals surface area contributed by atoms with Crippen molar-refractivity contribution < 1.29 is 34.3 Å². The number of carbonyl (C=O) groups is 1. The molecule has 11 atom stereocenters. The van der Waals surface area contributed by atoms with Crippen molar-refractivity contribution in [2.45, 2.75) is 144 Å². The van der Waals surface area contributed by atoms with Gasteiger partial charge >= 0.3 is 0 Å². The number of aromatic hydroxyl groups is 2. The summed E-state index contributed by atoms with van der Waals surface area (Å²) < 4.78 is 20.9. The highest BCUT2D eigenvalue weighted by Crippen LogP contribution is 2.70. The molecule has 7 aliphatic rings. The summed E-state index contributed by atoms with van der Waals surface area (Å²) >= 11 is 0. The van der Waals surface area contributed by atoms with E-state index >= 15 is 0 Å². The lowest BCUT2D eigenvalue weighted by molar-refractivity contribution is -0.228. The number of Topliss-reactive ketones (excluding diaryl/α,β-unsaturated/α-hetero) is 1. The van der Waals surface area contributed by atoms with Crippen LogP contribution in [-0.4, -0.2) is 45.0 Å². The second-order valence-electron chi connectivity index (χ2n) is 19.9. The lowest BCUT2D eigenvalue weighted by atomic mass is 9.45. The highest BCUT2D eigenvalue weighted by Gasteiger charge is 2.70. The van der Waals surface area contributed by atoms with Crippen molar-refractivity contribution in [3.8, 4) is 17.2 Å². The van der Waals surface area contributed by atoms with Gasteiger partial charge in [0.2, 0.25) is 11.5 Å². The molecule has 2 aliphatic heterocycles. The molecule has 0 bridgehead atoms. The summed E-state index contributed by atoms with van der Waals surface area (Å²) in [5.41, 5.74) is 1.49. The molecule has 3 saturated carbocycles. The minimum Gasteiger partial charge on any atom is -0.507 e. The second kappa shape index (κ2) is 11.6. The average Bonchev–Trinajstić information content (AvgIpc) is 3.57. The van der Waals surface area contributed by atoms with E-state index < -0.39 is 34.4 Å². The van der Waals surface area contributed by atoms with Crippen LogP contribution in [0, 0.1) is 53.3 Å². The number of aliphatic hydroxyl groups excluding tert-OH is 1. The van der Waals surface area contributed by atoms with E-state index in [0.29, 0.717) is 70.1 Å². The Kier molecular flexibility index (Phi) is 7.74. The number of ether oxygens (including phenoxy) is 3. The number of fused-ring (bicyclic) bond motifs is 7. The van der Waals surface area contributed by atoms with Gasteiger partial charge in [0, 0.05) is 33.6 Å². The topological polar surface area (TPSA) is 105 Å². The van der Waals surface area contributed by atoms with Gasteiger partial charge in [-0.3, -0.25) is 4.79 Å². The Bertz CT molecular complexity index is 2090. The first-order valence-electron chi connectivity index (χ1n) is 20.8. The highest BCUT2D eigenvalue weighted by molar-refractivity contribution is 6.27. The summed E-state index contributed by atoms with van der Waals surface area (Å²) in [5, 5.41) is 36.4. The molecular weight excluding hydrogens is 677 g/mol. The number of rotatable bonds is 4. The third-order valence-corrected chi connectivity index (χ3v) is 16.7. The van der Waals surface area contributed by atoms with Gasteiger partial charge in [-0.05, 0) is 111 Å². The summed E-state index contributed by atoms with van der Waals surface area (Å²) in [6, 6.07) is 1.71. The average molecular weight is 737 g/mol. The van der Waals surface area contributed by atoms with Crippen molar-refractivity contribution in [1.82, 2.24) is 0 Å². The van der Waals surface area contributed by atoms with Crippen LogP contribution in [-0.2, 0) is 14.9 Å². The Hall–Kier alpha value is -3.45. The molecule has 54 heavy (non-hydrogen) atoms. The van der Waals surface area contributed by atoms with Crippen LogP contribution in [0.5, 0.6) is 17.2 Å². The molecule has 290 valence electrons. The lowest BCUT2D eigenvalue weighted by Gasteiger charge is -2.65. The molecule has 0 radical (unpaired) electrons. The maximum Gasteiger partial charge on any atom is 0.235 e. The molecule has 2 heterocycles. The number of phenols is 2. The van der Waals surface area contributed by atoms with Crippen LogP contribution in [0.4, 0.5) is 0 Å². The standard InChI is InChI=1S/C47H60O7/c1-22(2)23(3)11-12-24(4)29-13-14-30-28-20-33-47(21-27(48)15-18-46(47,10)31(28)16-17-45(29,30)9)54-43-40(51)37-36-34(25(5)19-32(49)35(36)42(43)53-33)41-38(39(37)50)44(7,8)26(6)52-41/h11-12,19-20,22-24,26-27,29-31,33,48-50H,13-18,21H2,1-10H3. The summed E-state index contributed by atoms with van der Waals surface area (Å²) in [5.74, 6) is 3.07. The SMILES string of the molecule is Cc1cc(O)c2c3c(c(O)c4c(c13)OC(C)C4(C)C)C(=O)C1=C2OC2C=C3C4CCC(C(C)C=CC(C)C(C)C)C4(C)CCC3C3(C)CCC(O)CC23O1. The second-order valence-corrected chi connectivity index (χ2v) is 19.9. The number of allylic oxidation sites excluding steroid dienone is 4. The predicted octanol–water partition coefficient (Wildman–Crippen LogP) is 10.1. The minimum atomic E-state index is -0.998. The first-order valence-corrected chi connectivity index (χ1v) is 20.8. The zero-order chi connectivity index (χ0) is 38.6. The van der Waals surface area contributed by atoms with Crippen LogP contribution in [0.15, 0.2) is 35.6 Å². The predicted molar refractivity (Wildman–Crippen MR) is 210 cm³/mol. The van der Waals surface area contributed by atoms with Gasteiger partial charge in [0.25, 0.3) is 0 Å². The Morgan fingerprint density at radius 1 is 0.889 bits per heavy atom. The van der Waals surface area contributed by atoms with Gasteiger partial charge in [0.15, 0.2) is 17.5 Å². The van der Waals surface area contributed by atoms with Crippen LogP contribution < -0.4 is 4.74 Å². The lowest BCUT2D eigenvalue weighted by Crippen LogP contribution is -2.68. The van der Waals surface area contributed by atoms with E-state index in [-0.39, 0.29) is 46.0 Å². The van der Waals surface area contributed by atoms with Crippen molar-refractivity contribution in [3.63, 3.8) is 0 Å². The molecule has 0 aromatic heterocycles. The number of carbonyl (C=O) groups excluding carboxylic acids is 1. The van der Waals surface area contributed by atoms with Gasteiger partial charge in [-0.15, -0.1) is 0 Å². The fourth-order valence-corrected chi connectivity index (χ4v) is 12.8. The molecule has 5 aliphatic carbocycles. The molecule has 3 N–H and O–H groups in total. The number of hydrogen-bond acceptors (Lipinski definition) is 7. The molecule has 7 heteroatoms. The molecule has 7 nitrogen and oxygen atoms in total. The van der Waals surface area contributed by atoms with Gasteiger partial charge in [-0.25, -0.2) is 0 Å². The summed E-state index contributed by atoms with van der Waals surface area (Å²) in [4.78, 5) is 15.0. The van der Waals surface area contributed by atoms with E-state index in [4.69, 9.17) is 14.2 Å². The fourth-order valence-electron chi connectivity index (χ4n) is 12.8. The molecule has 11 unspecified atom stereocenters. The van der Waals surface area contributed by atoms with Crippen LogP contribution in [0.1, 0.15) is 134 Å². The maximum absolute atomic E-state index is 15.0. The van der Waals surface area contributed by atoms with Crippen molar-refractivity contribution in [3.05, 3.63) is 57.9 Å². The smallest absolute Gasteiger partial charge is 0.235 e. The Morgan fingerprint density at radius 3 is 2.35 bits per heavy atom. The molecular formula is C47H60O7. The largest absolute Gasteiger partial charge is 0.507 e. The van der Waals surface area contributed by atoms with Gasteiger partial charge in [0.05, 0.1) is 17.2 Å². The van der Waals surface area contributed by atoms with Crippen LogP contribution in [0.2, 0.25) is 0 Å². The molecule has 9 rings (SSSR count). The Morgan fingerprint density at radius 2 is 1.63 bits per heavy atom. The van der Waals surface area contributed by atoms with Gasteiger partial charge in [-0.1, -0.05) is 73.1 Å². The van der Waals surface area contributed by atoms with E-state index in [2.05, 4.69) is 59.8 Å². The first kappa shape index (κ1) is 36.2. The Balaban J connectivity index is 1.19. The molecule has 0 saturated heterocycles. The molecule has 2 aromatic carbocycles. The quantitative estimate of drug-likeness (QED) is 0.269. The van der Waals surface area contributed by atoms with Crippen LogP contribution in [0.3, 0.4) is 0 Å². The zero-order valence-electron chi connectivity index (χ0n) is 33.9. The third kappa shape index (κ3) is 4.42. The first-order chi connectivity index (χ1) is 25.4. The van der Waals surface area contributed by atoms with Gasteiger partial charge in [0.1, 0.15) is 23.4 Å². The summed E-state index contributed by atoms with van der Waals surface area (Å²) in [6.45, 7) is 22.1. The number of phenolic OH excluding ortho intramolecular Hbond substituents is 2.